The van der Waals surface area contributed by atoms with Gasteiger partial charge in [-0.15, -0.1) is 0 Å². The smallest absolute Gasteiger partial charge is 0.339 e. The summed E-state index contributed by atoms with van der Waals surface area (Å²) in [6.45, 7) is 4.24. The standard InChI is InChI=1S/C16H24N2O2/c1-3-4-13-12(11-7-9-18-10-8-11)5-6-14(15(13)17)16(19)20-2/h5-6,11,18H,3-4,7-10,17H2,1-2H3. The van der Waals surface area contributed by atoms with Gasteiger partial charge in [0.25, 0.3) is 0 Å². The number of benzene rings is 1. The van der Waals surface area contributed by atoms with Crippen molar-refractivity contribution in [1.82, 2.24) is 5.32 Å². The normalized spacial score (nSPS) is 16.1. The maximum absolute atomic E-state index is 11.8. The van der Waals surface area contributed by atoms with Gasteiger partial charge in [-0.05, 0) is 55.5 Å². The van der Waals surface area contributed by atoms with Gasteiger partial charge in [-0.3, -0.25) is 0 Å². The molecule has 1 saturated heterocycles. The van der Waals surface area contributed by atoms with Crippen molar-refractivity contribution < 1.29 is 9.53 Å². The Hall–Kier alpha value is -1.55. The second-order valence-corrected chi connectivity index (χ2v) is 5.36. The molecule has 0 spiro atoms. The number of carbonyl (C=O) groups excluding carboxylic acids is 1. The van der Waals surface area contributed by atoms with E-state index in [1.165, 1.54) is 12.7 Å². The average Bonchev–Trinajstić information content (AvgIpc) is 2.49. The van der Waals surface area contributed by atoms with Gasteiger partial charge in [0, 0.05) is 5.69 Å². The van der Waals surface area contributed by atoms with Gasteiger partial charge in [0.1, 0.15) is 0 Å². The highest BCUT2D eigenvalue weighted by molar-refractivity contribution is 5.96. The SMILES string of the molecule is CCCc1c(C2CCNCC2)ccc(C(=O)OC)c1N. The first-order valence-corrected chi connectivity index (χ1v) is 7.39. The van der Waals surface area contributed by atoms with E-state index in [2.05, 4.69) is 18.3 Å². The van der Waals surface area contributed by atoms with Crippen LogP contribution in [0, 0.1) is 0 Å². The first-order valence-electron chi connectivity index (χ1n) is 7.39. The number of hydrogen-bond acceptors (Lipinski definition) is 4. The third-order valence-corrected chi connectivity index (χ3v) is 4.08. The van der Waals surface area contributed by atoms with Crippen LogP contribution in [0.25, 0.3) is 0 Å². The van der Waals surface area contributed by atoms with E-state index >= 15 is 0 Å². The van der Waals surface area contributed by atoms with Crippen LogP contribution < -0.4 is 11.1 Å². The first-order chi connectivity index (χ1) is 9.69. The largest absolute Gasteiger partial charge is 0.465 e. The minimum atomic E-state index is -0.350. The third-order valence-electron chi connectivity index (χ3n) is 4.08. The Morgan fingerprint density at radius 2 is 2.10 bits per heavy atom. The fraction of sp³-hybridized carbons (Fsp3) is 0.562. The van der Waals surface area contributed by atoms with Crippen LogP contribution in [0.2, 0.25) is 0 Å². The van der Waals surface area contributed by atoms with E-state index in [0.717, 1.165) is 44.3 Å². The van der Waals surface area contributed by atoms with E-state index < -0.39 is 0 Å². The minimum absolute atomic E-state index is 0.350. The number of ether oxygens (including phenoxy) is 1. The molecule has 1 aromatic carbocycles. The number of anilines is 1. The zero-order valence-electron chi connectivity index (χ0n) is 12.4. The highest BCUT2D eigenvalue weighted by Crippen LogP contribution is 2.33. The molecular weight excluding hydrogens is 252 g/mol. The Kier molecular flexibility index (Phi) is 5.01. The lowest BCUT2D eigenvalue weighted by molar-refractivity contribution is 0.0602. The van der Waals surface area contributed by atoms with Crippen LogP contribution in [0.4, 0.5) is 5.69 Å². The summed E-state index contributed by atoms with van der Waals surface area (Å²) >= 11 is 0. The number of hydrogen-bond donors (Lipinski definition) is 2. The van der Waals surface area contributed by atoms with E-state index in [1.54, 1.807) is 0 Å². The highest BCUT2D eigenvalue weighted by Gasteiger charge is 2.22. The summed E-state index contributed by atoms with van der Waals surface area (Å²) in [5.41, 5.74) is 9.80. The Bertz CT molecular complexity index is 480. The van der Waals surface area contributed by atoms with E-state index in [4.69, 9.17) is 10.5 Å². The van der Waals surface area contributed by atoms with Crippen LogP contribution in [0.15, 0.2) is 12.1 Å². The molecule has 0 aromatic heterocycles. The van der Waals surface area contributed by atoms with Gasteiger partial charge in [0.2, 0.25) is 0 Å². The molecule has 20 heavy (non-hydrogen) atoms. The second kappa shape index (κ2) is 6.75. The van der Waals surface area contributed by atoms with E-state index in [-0.39, 0.29) is 5.97 Å². The zero-order chi connectivity index (χ0) is 14.5. The van der Waals surface area contributed by atoms with Crippen molar-refractivity contribution in [2.75, 3.05) is 25.9 Å². The average molecular weight is 276 g/mol. The quantitative estimate of drug-likeness (QED) is 0.655. The van der Waals surface area contributed by atoms with Crippen LogP contribution >= 0.6 is 0 Å². The molecule has 0 saturated carbocycles. The second-order valence-electron chi connectivity index (χ2n) is 5.36. The summed E-state index contributed by atoms with van der Waals surface area (Å²) in [4.78, 5) is 11.8. The Labute approximate surface area is 120 Å². The maximum Gasteiger partial charge on any atom is 0.339 e. The molecule has 4 nitrogen and oxygen atoms in total. The molecule has 1 heterocycles. The predicted octanol–water partition coefficient (Wildman–Crippen LogP) is 2.47. The number of nitrogens with one attached hydrogen (secondary N) is 1. The third kappa shape index (κ3) is 2.96. The van der Waals surface area contributed by atoms with Crippen LogP contribution in [0.3, 0.4) is 0 Å². The molecule has 0 amide bonds. The van der Waals surface area contributed by atoms with Crippen LogP contribution in [-0.2, 0) is 11.2 Å². The molecule has 2 rings (SSSR count). The van der Waals surface area contributed by atoms with E-state index in [1.807, 2.05) is 6.07 Å². The molecular formula is C16H24N2O2. The van der Waals surface area contributed by atoms with Gasteiger partial charge in [-0.2, -0.15) is 0 Å². The molecule has 1 aromatic rings. The lowest BCUT2D eigenvalue weighted by Gasteiger charge is -2.26. The van der Waals surface area contributed by atoms with Crippen LogP contribution in [0.1, 0.15) is 53.6 Å². The Morgan fingerprint density at radius 3 is 2.70 bits per heavy atom. The molecule has 1 fully saturated rings. The summed E-state index contributed by atoms with van der Waals surface area (Å²) < 4.78 is 4.81. The molecule has 1 aliphatic rings. The minimum Gasteiger partial charge on any atom is -0.465 e. The summed E-state index contributed by atoms with van der Waals surface area (Å²) in [5, 5.41) is 3.38. The van der Waals surface area contributed by atoms with Gasteiger partial charge < -0.3 is 15.8 Å². The van der Waals surface area contributed by atoms with E-state index in [0.29, 0.717) is 17.2 Å². The predicted molar refractivity (Wildman–Crippen MR) is 81.0 cm³/mol. The molecule has 3 N–H and O–H groups in total. The molecule has 0 atom stereocenters. The van der Waals surface area contributed by atoms with Crippen LogP contribution in [-0.4, -0.2) is 26.2 Å². The summed E-state index contributed by atoms with van der Waals surface area (Å²) in [6, 6.07) is 3.89. The summed E-state index contributed by atoms with van der Waals surface area (Å²) in [6.07, 6.45) is 4.20. The number of methoxy groups -OCH3 is 1. The monoisotopic (exact) mass is 276 g/mol. The van der Waals surface area contributed by atoms with Crippen molar-refractivity contribution in [2.45, 2.75) is 38.5 Å². The topological polar surface area (TPSA) is 64.3 Å². The highest BCUT2D eigenvalue weighted by atomic mass is 16.5. The Balaban J connectivity index is 2.40. The number of nitrogen functional groups attached to an aromatic ring is 1. The first kappa shape index (κ1) is 14.9. The van der Waals surface area contributed by atoms with Crippen molar-refractivity contribution in [3.8, 4) is 0 Å². The van der Waals surface area contributed by atoms with E-state index in [9.17, 15) is 4.79 Å². The fourth-order valence-corrected chi connectivity index (χ4v) is 3.01. The van der Waals surface area contributed by atoms with Crippen LogP contribution in [0.5, 0.6) is 0 Å². The van der Waals surface area contributed by atoms with Gasteiger partial charge in [-0.25, -0.2) is 4.79 Å². The maximum atomic E-state index is 11.8. The van der Waals surface area contributed by atoms with Crippen molar-refractivity contribution >= 4 is 11.7 Å². The molecule has 0 bridgehead atoms. The van der Waals surface area contributed by atoms with Crippen molar-refractivity contribution in [1.29, 1.82) is 0 Å². The zero-order valence-corrected chi connectivity index (χ0v) is 12.4. The summed E-state index contributed by atoms with van der Waals surface area (Å²) in [7, 11) is 1.39. The van der Waals surface area contributed by atoms with Gasteiger partial charge in [0.05, 0.1) is 12.7 Å². The lowest BCUT2D eigenvalue weighted by Crippen LogP contribution is -2.27. The Morgan fingerprint density at radius 1 is 1.40 bits per heavy atom. The molecule has 4 heteroatoms. The number of carbonyl (C=O) groups is 1. The number of piperidine rings is 1. The van der Waals surface area contributed by atoms with Crippen molar-refractivity contribution in [3.05, 3.63) is 28.8 Å². The van der Waals surface area contributed by atoms with Gasteiger partial charge >= 0.3 is 5.97 Å². The molecule has 0 radical (unpaired) electrons. The van der Waals surface area contributed by atoms with Crippen molar-refractivity contribution in [3.63, 3.8) is 0 Å². The van der Waals surface area contributed by atoms with Gasteiger partial charge in [-0.1, -0.05) is 19.4 Å². The molecule has 0 aliphatic carbocycles. The molecule has 1 aliphatic heterocycles. The summed E-state index contributed by atoms with van der Waals surface area (Å²) in [5.74, 6) is 0.198. The fourth-order valence-electron chi connectivity index (χ4n) is 3.01. The molecule has 110 valence electrons. The number of nitrogens with two attached hydrogens (primary N) is 1. The van der Waals surface area contributed by atoms with Crippen molar-refractivity contribution in [2.24, 2.45) is 0 Å². The molecule has 0 unspecified atom stereocenters. The van der Waals surface area contributed by atoms with Gasteiger partial charge in [0.15, 0.2) is 0 Å². The number of esters is 1. The number of rotatable bonds is 4. The lowest BCUT2D eigenvalue weighted by atomic mass is 9.84.